The maximum atomic E-state index is 13.7. The summed E-state index contributed by atoms with van der Waals surface area (Å²) in [5, 5.41) is 2.53. The molecule has 0 saturated carbocycles. The van der Waals surface area contributed by atoms with E-state index < -0.39 is 35.9 Å². The molecule has 4 aromatic carbocycles. The number of halogens is 2. The molecule has 51 heavy (non-hydrogen) atoms. The molecule has 5 rings (SSSR count). The quantitative estimate of drug-likeness (QED) is 0.0878. The van der Waals surface area contributed by atoms with Crippen LogP contribution in [0.25, 0.3) is 0 Å². The number of ether oxygens (including phenoxy) is 3. The van der Waals surface area contributed by atoms with E-state index in [1.165, 1.54) is 18.2 Å². The number of carbonyl (C=O) groups excluding carboxylic acids is 5. The van der Waals surface area contributed by atoms with Crippen LogP contribution in [-0.4, -0.2) is 60.7 Å². The highest BCUT2D eigenvalue weighted by Gasteiger charge is 2.37. The second kappa shape index (κ2) is 18.0. The van der Waals surface area contributed by atoms with Gasteiger partial charge in [-0.3, -0.25) is 9.59 Å². The average molecular weight is 733 g/mol. The third-order valence-corrected chi connectivity index (χ3v) is 8.24. The highest BCUT2D eigenvalue weighted by molar-refractivity contribution is 6.20. The van der Waals surface area contributed by atoms with Gasteiger partial charge in [0.1, 0.15) is 25.0 Å². The summed E-state index contributed by atoms with van der Waals surface area (Å²) in [5.74, 6) is -1.87. The fourth-order valence-corrected chi connectivity index (χ4v) is 5.76. The number of hydrogen-bond acceptors (Lipinski definition) is 9. The van der Waals surface area contributed by atoms with E-state index in [0.29, 0.717) is 24.8 Å². The number of piperidine rings is 1. The van der Waals surface area contributed by atoms with Crippen LogP contribution >= 0.6 is 23.2 Å². The number of nitrogens with one attached hydrogen (secondary N) is 1. The SMILES string of the molecule is O=C(NC1CCC(=O)N(c2cc(C(=O)OCc3ccccc3)cc(C(=O)OCc3ccccc3)c2)C1=O)Oc1ccc(N(CCCl)CCCl)cc1. The first-order valence-electron chi connectivity index (χ1n) is 16.1. The van der Waals surface area contributed by atoms with Crippen LogP contribution < -0.4 is 19.9 Å². The average Bonchev–Trinajstić information content (AvgIpc) is 3.15. The molecule has 0 bridgehead atoms. The number of esters is 2. The number of nitrogens with zero attached hydrogens (tertiary/aromatic N) is 2. The Morgan fingerprint density at radius 3 is 1.78 bits per heavy atom. The minimum Gasteiger partial charge on any atom is -0.457 e. The number of alkyl halides is 2. The van der Waals surface area contributed by atoms with Crippen LogP contribution in [0.15, 0.2) is 103 Å². The van der Waals surface area contributed by atoms with Crippen LogP contribution in [-0.2, 0) is 32.3 Å². The fourth-order valence-electron chi connectivity index (χ4n) is 5.35. The van der Waals surface area contributed by atoms with E-state index in [-0.39, 0.29) is 48.6 Å². The van der Waals surface area contributed by atoms with E-state index in [9.17, 15) is 24.0 Å². The summed E-state index contributed by atoms with van der Waals surface area (Å²) in [4.78, 5) is 69.1. The summed E-state index contributed by atoms with van der Waals surface area (Å²) in [6.45, 7) is 1.08. The maximum Gasteiger partial charge on any atom is 0.413 e. The van der Waals surface area contributed by atoms with Crippen molar-refractivity contribution in [1.29, 1.82) is 0 Å². The monoisotopic (exact) mass is 731 g/mol. The zero-order valence-corrected chi connectivity index (χ0v) is 29.0. The van der Waals surface area contributed by atoms with Crippen molar-refractivity contribution in [3.05, 3.63) is 125 Å². The molecule has 0 radical (unpaired) electrons. The molecule has 13 heteroatoms. The lowest BCUT2D eigenvalue weighted by molar-refractivity contribution is -0.130. The van der Waals surface area contributed by atoms with Crippen molar-refractivity contribution in [2.45, 2.75) is 32.1 Å². The normalized spacial score (nSPS) is 14.1. The number of anilines is 2. The van der Waals surface area contributed by atoms with Crippen LogP contribution in [0.1, 0.15) is 44.7 Å². The number of carbonyl (C=O) groups is 5. The van der Waals surface area contributed by atoms with Crippen LogP contribution in [0.5, 0.6) is 5.75 Å². The standard InChI is InChI=1S/C38H35Cl2N3O8/c39-17-19-42(20-18-40)30-11-13-32(14-12-30)51-38(48)41-33-15-16-34(44)43(35(33)45)31-22-28(36(46)49-24-26-7-3-1-4-8-26)21-29(23-31)37(47)50-25-27-9-5-2-6-10-27/h1-14,21-23,33H,15-20,24-25H2,(H,41,48). The van der Waals surface area contributed by atoms with Crippen molar-refractivity contribution in [1.82, 2.24) is 5.32 Å². The molecule has 1 fully saturated rings. The number of amides is 3. The fraction of sp³-hybridized carbons (Fsp3) is 0.237. The highest BCUT2D eigenvalue weighted by Crippen LogP contribution is 2.27. The Kier molecular flexibility index (Phi) is 13.0. The number of hydrogen-bond donors (Lipinski definition) is 1. The summed E-state index contributed by atoms with van der Waals surface area (Å²) in [6, 6.07) is 27.4. The molecule has 11 nitrogen and oxygen atoms in total. The summed E-state index contributed by atoms with van der Waals surface area (Å²) < 4.78 is 16.4. The topological polar surface area (TPSA) is 132 Å². The zero-order chi connectivity index (χ0) is 36.2. The summed E-state index contributed by atoms with van der Waals surface area (Å²) in [7, 11) is 0. The third kappa shape index (κ3) is 10.1. The molecule has 1 unspecified atom stereocenters. The predicted octanol–water partition coefficient (Wildman–Crippen LogP) is 6.50. The number of benzene rings is 4. The van der Waals surface area contributed by atoms with Crippen molar-refractivity contribution >= 4 is 64.4 Å². The Hall–Kier alpha value is -5.39. The Bertz CT molecular complexity index is 1760. The molecule has 4 aromatic rings. The number of rotatable bonds is 14. The Morgan fingerprint density at radius 2 is 1.27 bits per heavy atom. The predicted molar refractivity (Wildman–Crippen MR) is 192 cm³/mol. The molecular formula is C38H35Cl2N3O8. The zero-order valence-electron chi connectivity index (χ0n) is 27.5. The number of imide groups is 1. The van der Waals surface area contributed by atoms with Gasteiger partial charge in [-0.05, 0) is 60.0 Å². The molecule has 1 heterocycles. The molecular weight excluding hydrogens is 697 g/mol. The van der Waals surface area contributed by atoms with Crippen molar-refractivity contribution in [2.24, 2.45) is 0 Å². The van der Waals surface area contributed by atoms with E-state index in [1.807, 2.05) is 17.0 Å². The second-order valence-corrected chi connectivity index (χ2v) is 12.2. The van der Waals surface area contributed by atoms with E-state index in [2.05, 4.69) is 5.32 Å². The lowest BCUT2D eigenvalue weighted by atomic mass is 10.0. The Balaban J connectivity index is 1.33. The van der Waals surface area contributed by atoms with Crippen molar-refractivity contribution < 1.29 is 38.2 Å². The van der Waals surface area contributed by atoms with Crippen LogP contribution in [0.3, 0.4) is 0 Å². The van der Waals surface area contributed by atoms with Crippen molar-refractivity contribution in [3.63, 3.8) is 0 Å². The van der Waals surface area contributed by atoms with E-state index >= 15 is 0 Å². The lowest BCUT2D eigenvalue weighted by Gasteiger charge is -2.31. The smallest absolute Gasteiger partial charge is 0.413 e. The van der Waals surface area contributed by atoms with E-state index in [4.69, 9.17) is 37.4 Å². The van der Waals surface area contributed by atoms with Gasteiger partial charge in [0.2, 0.25) is 5.91 Å². The first-order chi connectivity index (χ1) is 24.7. The van der Waals surface area contributed by atoms with E-state index in [0.717, 1.165) is 21.7 Å². The summed E-state index contributed by atoms with van der Waals surface area (Å²) in [6.07, 6.45) is -1.00. The first-order valence-corrected chi connectivity index (χ1v) is 17.2. The minimum atomic E-state index is -1.14. The van der Waals surface area contributed by atoms with Crippen molar-refractivity contribution in [2.75, 3.05) is 34.6 Å². The maximum absolute atomic E-state index is 13.7. The van der Waals surface area contributed by atoms with Gasteiger partial charge in [0.15, 0.2) is 0 Å². The summed E-state index contributed by atoms with van der Waals surface area (Å²) >= 11 is 11.8. The molecule has 1 saturated heterocycles. The van der Waals surface area contributed by atoms with Gasteiger partial charge in [-0.15, -0.1) is 23.2 Å². The van der Waals surface area contributed by atoms with Gasteiger partial charge in [0.25, 0.3) is 5.91 Å². The largest absolute Gasteiger partial charge is 0.457 e. The van der Waals surface area contributed by atoms with Gasteiger partial charge >= 0.3 is 18.0 Å². The molecule has 1 N–H and O–H groups in total. The molecule has 0 spiro atoms. The third-order valence-electron chi connectivity index (χ3n) is 7.90. The van der Waals surface area contributed by atoms with Gasteiger partial charge in [-0.2, -0.15) is 0 Å². The Morgan fingerprint density at radius 1 is 0.745 bits per heavy atom. The molecule has 1 atom stereocenters. The van der Waals surface area contributed by atoms with Crippen LogP contribution in [0, 0.1) is 0 Å². The second-order valence-electron chi connectivity index (χ2n) is 11.4. The van der Waals surface area contributed by atoms with Gasteiger partial charge in [0.05, 0.1) is 16.8 Å². The molecule has 264 valence electrons. The molecule has 3 amide bonds. The van der Waals surface area contributed by atoms with Crippen LogP contribution in [0.4, 0.5) is 16.2 Å². The Labute approximate surface area is 305 Å². The molecule has 1 aliphatic heterocycles. The minimum absolute atomic E-state index is 0.0127. The van der Waals surface area contributed by atoms with Gasteiger partial charge in [0, 0.05) is 37.0 Å². The van der Waals surface area contributed by atoms with E-state index in [1.54, 1.807) is 72.8 Å². The van der Waals surface area contributed by atoms with Gasteiger partial charge in [-0.1, -0.05) is 60.7 Å². The highest BCUT2D eigenvalue weighted by atomic mass is 35.5. The molecule has 0 aromatic heterocycles. The first kappa shape index (κ1) is 36.9. The van der Waals surface area contributed by atoms with Crippen LogP contribution in [0.2, 0.25) is 0 Å². The van der Waals surface area contributed by atoms with Crippen molar-refractivity contribution in [3.8, 4) is 5.75 Å². The lowest BCUT2D eigenvalue weighted by Crippen LogP contribution is -2.55. The van der Waals surface area contributed by atoms with Gasteiger partial charge in [-0.25, -0.2) is 19.3 Å². The summed E-state index contributed by atoms with van der Waals surface area (Å²) in [5.41, 5.74) is 2.10. The molecule has 0 aliphatic carbocycles. The van der Waals surface area contributed by atoms with Gasteiger partial charge < -0.3 is 24.4 Å². The molecule has 1 aliphatic rings.